The lowest BCUT2D eigenvalue weighted by atomic mass is 10.1. The molecule has 1 aromatic rings. The van der Waals surface area contributed by atoms with Crippen molar-refractivity contribution in [2.24, 2.45) is 0 Å². The highest BCUT2D eigenvalue weighted by atomic mass is 32.2. The van der Waals surface area contributed by atoms with Gasteiger partial charge in [0.05, 0.1) is 12.0 Å². The molecule has 1 aromatic carbocycles. The number of methoxy groups -OCH3 is 1. The lowest BCUT2D eigenvalue weighted by molar-refractivity contribution is 0.413. The molecule has 0 saturated heterocycles. The number of benzene rings is 1. The maximum absolute atomic E-state index is 12.2. The number of nitrogens with one attached hydrogen (secondary N) is 2. The van der Waals surface area contributed by atoms with Crippen LogP contribution in [0.15, 0.2) is 23.1 Å². The predicted octanol–water partition coefficient (Wildman–Crippen LogP) is 1.53. The minimum Gasteiger partial charge on any atom is -0.497 e. The fraction of sp³-hybridized carbons (Fsp3) is 0.571. The second-order valence-corrected chi connectivity index (χ2v) is 6.57. The van der Waals surface area contributed by atoms with Crippen LogP contribution in [0, 0.1) is 0 Å². The van der Waals surface area contributed by atoms with E-state index >= 15 is 0 Å². The van der Waals surface area contributed by atoms with Crippen molar-refractivity contribution in [2.75, 3.05) is 20.2 Å². The Morgan fingerprint density at radius 1 is 1.30 bits per heavy atom. The van der Waals surface area contributed by atoms with Crippen LogP contribution in [0.5, 0.6) is 5.75 Å². The molecule has 0 amide bonds. The molecule has 0 aromatic heterocycles. The van der Waals surface area contributed by atoms with E-state index in [0.717, 1.165) is 12.1 Å². The second-order valence-electron chi connectivity index (χ2n) is 4.83. The molecule has 0 radical (unpaired) electrons. The molecule has 0 spiro atoms. The molecular weight excluding hydrogens is 276 g/mol. The van der Waals surface area contributed by atoms with E-state index in [-0.39, 0.29) is 0 Å². The van der Waals surface area contributed by atoms with Gasteiger partial charge in [0.25, 0.3) is 0 Å². The highest BCUT2D eigenvalue weighted by molar-refractivity contribution is 7.89. The molecule has 0 aliphatic rings. The number of hydrogen-bond donors (Lipinski definition) is 2. The van der Waals surface area contributed by atoms with Crippen LogP contribution in [0.25, 0.3) is 0 Å². The zero-order valence-electron chi connectivity index (χ0n) is 12.6. The first kappa shape index (κ1) is 16.9. The van der Waals surface area contributed by atoms with Gasteiger partial charge in [0.1, 0.15) is 5.75 Å². The van der Waals surface area contributed by atoms with Crippen molar-refractivity contribution in [3.8, 4) is 5.75 Å². The van der Waals surface area contributed by atoms with Crippen LogP contribution < -0.4 is 14.8 Å². The summed E-state index contributed by atoms with van der Waals surface area (Å²) in [5.41, 5.74) is 0.762. The van der Waals surface area contributed by atoms with Crippen LogP contribution in [-0.4, -0.2) is 34.7 Å². The first-order chi connectivity index (χ1) is 9.40. The molecule has 0 bridgehead atoms. The van der Waals surface area contributed by atoms with Gasteiger partial charge < -0.3 is 10.1 Å². The fourth-order valence-corrected chi connectivity index (χ4v) is 3.19. The van der Waals surface area contributed by atoms with E-state index in [4.69, 9.17) is 4.74 Å². The largest absolute Gasteiger partial charge is 0.497 e. The van der Waals surface area contributed by atoms with Gasteiger partial charge in [-0.25, -0.2) is 13.1 Å². The Balaban J connectivity index is 3.04. The van der Waals surface area contributed by atoms with Crippen LogP contribution in [-0.2, 0) is 16.4 Å². The van der Waals surface area contributed by atoms with Gasteiger partial charge in [0.2, 0.25) is 10.0 Å². The smallest absolute Gasteiger partial charge is 0.240 e. The van der Waals surface area contributed by atoms with E-state index in [1.165, 1.54) is 0 Å². The molecule has 0 aliphatic carbocycles. The van der Waals surface area contributed by atoms with Crippen molar-refractivity contribution in [3.05, 3.63) is 23.8 Å². The summed E-state index contributed by atoms with van der Waals surface area (Å²) in [6, 6.07) is 5.42. The number of ether oxygens (including phenoxy) is 1. The molecule has 0 heterocycles. The molecule has 6 heteroatoms. The van der Waals surface area contributed by atoms with Gasteiger partial charge in [0, 0.05) is 12.6 Å². The van der Waals surface area contributed by atoms with Crippen molar-refractivity contribution in [1.29, 1.82) is 0 Å². The normalized spacial score (nSPS) is 11.8. The zero-order valence-corrected chi connectivity index (χ0v) is 13.4. The third-order valence-corrected chi connectivity index (χ3v) is 4.48. The zero-order chi connectivity index (χ0) is 15.2. The Hall–Kier alpha value is -1.11. The Morgan fingerprint density at radius 3 is 2.55 bits per heavy atom. The summed E-state index contributed by atoms with van der Waals surface area (Å²) in [7, 11) is -1.88. The summed E-state index contributed by atoms with van der Waals surface area (Å²) in [5, 5.41) is 3.29. The monoisotopic (exact) mass is 300 g/mol. The van der Waals surface area contributed by atoms with Crippen LogP contribution in [0.1, 0.15) is 26.3 Å². The van der Waals surface area contributed by atoms with Gasteiger partial charge in [-0.05, 0) is 36.7 Å². The van der Waals surface area contributed by atoms with Crippen LogP contribution in [0.2, 0.25) is 0 Å². The van der Waals surface area contributed by atoms with Crippen LogP contribution in [0.4, 0.5) is 0 Å². The van der Waals surface area contributed by atoms with Crippen molar-refractivity contribution in [2.45, 2.75) is 38.1 Å². The van der Waals surface area contributed by atoms with E-state index in [1.54, 1.807) is 32.2 Å². The number of hydrogen-bond acceptors (Lipinski definition) is 4. The first-order valence-corrected chi connectivity index (χ1v) is 8.29. The van der Waals surface area contributed by atoms with Gasteiger partial charge in [-0.3, -0.25) is 0 Å². The molecule has 2 N–H and O–H groups in total. The summed E-state index contributed by atoms with van der Waals surface area (Å²) in [6.07, 6.45) is 0.634. The topological polar surface area (TPSA) is 67.4 Å². The third kappa shape index (κ3) is 4.77. The Morgan fingerprint density at radius 2 is 2.00 bits per heavy atom. The van der Waals surface area contributed by atoms with E-state index in [9.17, 15) is 8.42 Å². The van der Waals surface area contributed by atoms with E-state index < -0.39 is 10.0 Å². The van der Waals surface area contributed by atoms with Gasteiger partial charge in [-0.1, -0.05) is 20.8 Å². The van der Waals surface area contributed by atoms with Crippen molar-refractivity contribution in [1.82, 2.24) is 10.0 Å². The molecule has 20 heavy (non-hydrogen) atoms. The maximum Gasteiger partial charge on any atom is 0.240 e. The van der Waals surface area contributed by atoms with Gasteiger partial charge in [0.15, 0.2) is 0 Å². The lowest BCUT2D eigenvalue weighted by Crippen LogP contribution is -2.27. The molecule has 0 atom stereocenters. The quantitative estimate of drug-likeness (QED) is 0.764. The third-order valence-electron chi connectivity index (χ3n) is 2.84. The van der Waals surface area contributed by atoms with Gasteiger partial charge >= 0.3 is 0 Å². The molecule has 0 unspecified atom stereocenters. The molecular formula is C14H24N2O3S. The number of sulfonamides is 1. The standard InChI is InChI=1S/C14H24N2O3S/c1-5-16-20(17,18)14-7-6-13(19-4)10-12(14)8-9-15-11(2)3/h6-7,10-11,15-16H,5,8-9H2,1-4H3. The Labute approximate surface area is 121 Å². The first-order valence-electron chi connectivity index (χ1n) is 6.80. The summed E-state index contributed by atoms with van der Waals surface area (Å²) in [6.45, 7) is 6.97. The second kappa shape index (κ2) is 7.61. The highest BCUT2D eigenvalue weighted by Crippen LogP contribution is 2.22. The van der Waals surface area contributed by atoms with Crippen molar-refractivity contribution >= 4 is 10.0 Å². The van der Waals surface area contributed by atoms with Gasteiger partial charge in [-0.15, -0.1) is 0 Å². The molecule has 0 aliphatic heterocycles. The summed E-state index contributed by atoms with van der Waals surface area (Å²) < 4.78 is 32.1. The Kier molecular flexibility index (Phi) is 6.45. The summed E-state index contributed by atoms with van der Waals surface area (Å²) in [4.78, 5) is 0.325. The van der Waals surface area contributed by atoms with E-state index in [1.807, 2.05) is 0 Å². The van der Waals surface area contributed by atoms with Crippen molar-refractivity contribution in [3.63, 3.8) is 0 Å². The average molecular weight is 300 g/mol. The van der Waals surface area contributed by atoms with Crippen LogP contribution in [0.3, 0.4) is 0 Å². The van der Waals surface area contributed by atoms with E-state index in [0.29, 0.717) is 29.7 Å². The average Bonchev–Trinajstić information content (AvgIpc) is 2.37. The highest BCUT2D eigenvalue weighted by Gasteiger charge is 2.18. The number of rotatable bonds is 8. The summed E-state index contributed by atoms with van der Waals surface area (Å²) in [5.74, 6) is 0.667. The van der Waals surface area contributed by atoms with Crippen LogP contribution >= 0.6 is 0 Å². The minimum absolute atomic E-state index is 0.325. The van der Waals surface area contributed by atoms with E-state index in [2.05, 4.69) is 23.9 Å². The van der Waals surface area contributed by atoms with Gasteiger partial charge in [-0.2, -0.15) is 0 Å². The Bertz CT molecular complexity index is 527. The molecule has 114 valence electrons. The fourth-order valence-electron chi connectivity index (χ4n) is 1.90. The molecule has 0 fully saturated rings. The van der Waals surface area contributed by atoms with Crippen molar-refractivity contribution < 1.29 is 13.2 Å². The molecule has 5 nitrogen and oxygen atoms in total. The summed E-state index contributed by atoms with van der Waals surface area (Å²) >= 11 is 0. The molecule has 0 saturated carbocycles. The minimum atomic E-state index is -3.45. The SMILES string of the molecule is CCNS(=O)(=O)c1ccc(OC)cc1CCNC(C)C. The molecule has 1 rings (SSSR count). The lowest BCUT2D eigenvalue weighted by Gasteiger charge is -2.14. The predicted molar refractivity (Wildman–Crippen MR) is 80.7 cm³/mol. The maximum atomic E-state index is 12.2.